The number of nitrogens with zero attached hydrogens (tertiary/aromatic N) is 1. The smallest absolute Gasteiger partial charge is 0.238 e. The highest BCUT2D eigenvalue weighted by Gasteiger charge is 2.17. The molecule has 0 spiro atoms. The number of nitriles is 1. The average Bonchev–Trinajstić information content (AvgIpc) is 3.40. The van der Waals surface area contributed by atoms with E-state index in [9.17, 15) is 4.79 Å². The normalized spacial score (nSPS) is 12.9. The standard InChI is InChI=1S/C22H23N3OS2/c1-3-15(2)16-6-8-17(9-7-16)21(19-5-4-11-27-19)24-14-20(26)25-22-18(13-23)10-12-28-22/h4-12,15,21,24H,3,14H2,1-2H3,(H,25,26)/t15-,21-/m1/s1. The van der Waals surface area contributed by atoms with E-state index in [1.54, 1.807) is 22.8 Å². The molecular formula is C22H23N3OS2. The number of benzene rings is 1. The van der Waals surface area contributed by atoms with Crippen LogP contribution in [0.2, 0.25) is 0 Å². The zero-order valence-corrected chi connectivity index (χ0v) is 17.6. The molecule has 28 heavy (non-hydrogen) atoms. The molecule has 3 aromatic rings. The van der Waals surface area contributed by atoms with Gasteiger partial charge in [0.25, 0.3) is 0 Å². The highest BCUT2D eigenvalue weighted by molar-refractivity contribution is 7.14. The number of thiophene rings is 2. The predicted molar refractivity (Wildman–Crippen MR) is 117 cm³/mol. The van der Waals surface area contributed by atoms with Crippen LogP contribution in [0.5, 0.6) is 0 Å². The lowest BCUT2D eigenvalue weighted by Gasteiger charge is -2.19. The van der Waals surface area contributed by atoms with Crippen molar-refractivity contribution in [3.8, 4) is 6.07 Å². The molecule has 0 bridgehead atoms. The van der Waals surface area contributed by atoms with E-state index >= 15 is 0 Å². The summed E-state index contributed by atoms with van der Waals surface area (Å²) in [6.45, 7) is 4.59. The molecule has 0 aliphatic carbocycles. The first-order valence-electron chi connectivity index (χ1n) is 9.26. The molecule has 0 saturated carbocycles. The van der Waals surface area contributed by atoms with Crippen molar-refractivity contribution in [1.29, 1.82) is 5.26 Å². The van der Waals surface area contributed by atoms with E-state index in [1.807, 2.05) is 11.4 Å². The molecule has 4 nitrogen and oxygen atoms in total. The van der Waals surface area contributed by atoms with Gasteiger partial charge in [-0.3, -0.25) is 10.1 Å². The third kappa shape index (κ3) is 4.87. The lowest BCUT2D eigenvalue weighted by atomic mass is 9.95. The van der Waals surface area contributed by atoms with Gasteiger partial charge in [-0.25, -0.2) is 0 Å². The van der Waals surface area contributed by atoms with E-state index in [0.717, 1.165) is 16.9 Å². The number of anilines is 1. The Morgan fingerprint density at radius 3 is 2.50 bits per heavy atom. The SMILES string of the molecule is CC[C@@H](C)c1ccc([C@@H](NCC(=O)Nc2sccc2C#N)c2cccs2)cc1. The van der Waals surface area contributed by atoms with Crippen LogP contribution < -0.4 is 10.6 Å². The summed E-state index contributed by atoms with van der Waals surface area (Å²) in [7, 11) is 0. The minimum atomic E-state index is -0.156. The van der Waals surface area contributed by atoms with Gasteiger partial charge in [-0.2, -0.15) is 5.26 Å². The van der Waals surface area contributed by atoms with E-state index in [1.165, 1.54) is 16.9 Å². The van der Waals surface area contributed by atoms with Crippen LogP contribution in [0.25, 0.3) is 0 Å². The van der Waals surface area contributed by atoms with E-state index in [-0.39, 0.29) is 18.5 Å². The van der Waals surface area contributed by atoms with Gasteiger partial charge in [0.15, 0.2) is 0 Å². The first kappa shape index (κ1) is 20.3. The van der Waals surface area contributed by atoms with E-state index < -0.39 is 0 Å². The molecule has 0 saturated heterocycles. The highest BCUT2D eigenvalue weighted by Crippen LogP contribution is 2.28. The van der Waals surface area contributed by atoms with Crippen LogP contribution in [0, 0.1) is 11.3 Å². The van der Waals surface area contributed by atoms with Crippen LogP contribution in [0.4, 0.5) is 5.00 Å². The van der Waals surface area contributed by atoms with Gasteiger partial charge < -0.3 is 5.32 Å². The summed E-state index contributed by atoms with van der Waals surface area (Å²) in [4.78, 5) is 13.6. The maximum Gasteiger partial charge on any atom is 0.238 e. The summed E-state index contributed by atoms with van der Waals surface area (Å²) < 4.78 is 0. The third-order valence-corrected chi connectivity index (χ3v) is 6.55. The Labute approximate surface area is 173 Å². The zero-order chi connectivity index (χ0) is 19.9. The largest absolute Gasteiger partial charge is 0.315 e. The Morgan fingerprint density at radius 2 is 1.86 bits per heavy atom. The highest BCUT2D eigenvalue weighted by atomic mass is 32.1. The van der Waals surface area contributed by atoms with Crippen molar-refractivity contribution in [2.24, 2.45) is 0 Å². The Morgan fingerprint density at radius 1 is 1.11 bits per heavy atom. The van der Waals surface area contributed by atoms with Crippen molar-refractivity contribution in [3.63, 3.8) is 0 Å². The van der Waals surface area contributed by atoms with Gasteiger partial charge in [-0.15, -0.1) is 22.7 Å². The maximum absolute atomic E-state index is 12.4. The van der Waals surface area contributed by atoms with Gasteiger partial charge in [-0.1, -0.05) is 44.2 Å². The minimum absolute atomic E-state index is 0.0458. The summed E-state index contributed by atoms with van der Waals surface area (Å²) in [5, 5.41) is 19.7. The number of carbonyl (C=O) groups is 1. The van der Waals surface area contributed by atoms with Gasteiger partial charge in [-0.05, 0) is 46.4 Å². The zero-order valence-electron chi connectivity index (χ0n) is 15.9. The number of amides is 1. The second-order valence-corrected chi connectivity index (χ2v) is 8.52. The molecule has 144 valence electrons. The molecule has 3 rings (SSSR count). The van der Waals surface area contributed by atoms with Gasteiger partial charge in [0.1, 0.15) is 11.1 Å². The number of hydrogen-bond donors (Lipinski definition) is 2. The second-order valence-electron chi connectivity index (χ2n) is 6.63. The fraction of sp³-hybridized carbons (Fsp3) is 0.273. The molecule has 0 aliphatic heterocycles. The summed E-state index contributed by atoms with van der Waals surface area (Å²) in [5.41, 5.74) is 2.96. The fourth-order valence-corrected chi connectivity index (χ4v) is 4.53. The first-order chi connectivity index (χ1) is 13.6. The lowest BCUT2D eigenvalue weighted by molar-refractivity contribution is -0.115. The number of rotatable bonds is 8. The van der Waals surface area contributed by atoms with E-state index in [0.29, 0.717) is 16.5 Å². The monoisotopic (exact) mass is 409 g/mol. The van der Waals surface area contributed by atoms with Gasteiger partial charge in [0.2, 0.25) is 5.91 Å². The molecule has 6 heteroatoms. The van der Waals surface area contributed by atoms with Crippen LogP contribution in [-0.4, -0.2) is 12.5 Å². The molecule has 0 radical (unpaired) electrons. The topological polar surface area (TPSA) is 64.9 Å². The third-order valence-electron chi connectivity index (χ3n) is 4.78. The predicted octanol–water partition coefficient (Wildman–Crippen LogP) is 5.51. The van der Waals surface area contributed by atoms with Crippen LogP contribution in [0.3, 0.4) is 0 Å². The minimum Gasteiger partial charge on any atom is -0.315 e. The van der Waals surface area contributed by atoms with Crippen molar-refractivity contribution >= 4 is 33.6 Å². The Bertz CT molecular complexity index is 939. The van der Waals surface area contributed by atoms with E-state index in [4.69, 9.17) is 5.26 Å². The van der Waals surface area contributed by atoms with Crippen LogP contribution in [0.15, 0.2) is 53.2 Å². The van der Waals surface area contributed by atoms with Gasteiger partial charge >= 0.3 is 0 Å². The summed E-state index contributed by atoms with van der Waals surface area (Å²) >= 11 is 3.03. The fourth-order valence-electron chi connectivity index (χ4n) is 2.95. The number of nitrogens with one attached hydrogen (secondary N) is 2. The molecule has 1 amide bonds. The van der Waals surface area contributed by atoms with Gasteiger partial charge in [0, 0.05) is 4.88 Å². The molecule has 0 fully saturated rings. The number of carbonyl (C=O) groups excluding carboxylic acids is 1. The molecule has 1 aromatic carbocycles. The Hall–Kier alpha value is -2.46. The molecule has 0 aliphatic rings. The Kier molecular flexibility index (Phi) is 6.99. The van der Waals surface area contributed by atoms with Gasteiger partial charge in [0.05, 0.1) is 18.2 Å². The van der Waals surface area contributed by atoms with Crippen LogP contribution in [0.1, 0.15) is 53.8 Å². The summed E-state index contributed by atoms with van der Waals surface area (Å²) in [6.07, 6.45) is 1.11. The van der Waals surface area contributed by atoms with Crippen molar-refractivity contribution < 1.29 is 4.79 Å². The molecular weight excluding hydrogens is 386 g/mol. The summed E-state index contributed by atoms with van der Waals surface area (Å²) in [5.74, 6) is 0.379. The second kappa shape index (κ2) is 9.65. The average molecular weight is 410 g/mol. The van der Waals surface area contributed by atoms with Crippen molar-refractivity contribution in [1.82, 2.24) is 5.32 Å². The molecule has 2 N–H and O–H groups in total. The van der Waals surface area contributed by atoms with Crippen LogP contribution >= 0.6 is 22.7 Å². The van der Waals surface area contributed by atoms with Crippen molar-refractivity contribution in [3.05, 3.63) is 74.8 Å². The van der Waals surface area contributed by atoms with Crippen molar-refractivity contribution in [2.45, 2.75) is 32.2 Å². The molecule has 2 heterocycles. The maximum atomic E-state index is 12.4. The van der Waals surface area contributed by atoms with E-state index in [2.05, 4.69) is 60.9 Å². The molecule has 2 atom stereocenters. The van der Waals surface area contributed by atoms with Crippen molar-refractivity contribution in [2.75, 3.05) is 11.9 Å². The molecule has 2 aromatic heterocycles. The quantitative estimate of drug-likeness (QED) is 0.515. The first-order valence-corrected chi connectivity index (χ1v) is 11.0. The molecule has 0 unspecified atom stereocenters. The summed E-state index contributed by atoms with van der Waals surface area (Å²) in [6, 6.07) is 16.5. The lowest BCUT2D eigenvalue weighted by Crippen LogP contribution is -2.31. The van der Waals surface area contributed by atoms with Crippen LogP contribution in [-0.2, 0) is 4.79 Å². The number of hydrogen-bond acceptors (Lipinski definition) is 5. The Balaban J connectivity index is 1.71.